The van der Waals surface area contributed by atoms with E-state index in [1.807, 2.05) is 0 Å². The van der Waals surface area contributed by atoms with Crippen LogP contribution in [-0.4, -0.2) is 39.4 Å². The van der Waals surface area contributed by atoms with Crippen molar-refractivity contribution in [3.63, 3.8) is 0 Å². The van der Waals surface area contributed by atoms with Crippen molar-refractivity contribution in [1.29, 1.82) is 0 Å². The summed E-state index contributed by atoms with van der Waals surface area (Å²) in [6, 6.07) is 20.8. The van der Waals surface area contributed by atoms with E-state index in [9.17, 15) is 34.6 Å². The highest BCUT2D eigenvalue weighted by Gasteiger charge is 2.23. The summed E-state index contributed by atoms with van der Waals surface area (Å²) in [5.41, 5.74) is 0.122. The van der Waals surface area contributed by atoms with Gasteiger partial charge in [0.15, 0.2) is 0 Å². The van der Waals surface area contributed by atoms with Crippen LogP contribution >= 0.6 is 0 Å². The molecule has 0 aliphatic rings. The number of carbonyl (C=O) groups is 3. The predicted molar refractivity (Wildman–Crippen MR) is 191 cm³/mol. The van der Waals surface area contributed by atoms with E-state index >= 15 is 0 Å². The van der Waals surface area contributed by atoms with Gasteiger partial charge in [0.2, 0.25) is 0 Å². The molecule has 2 amide bonds. The van der Waals surface area contributed by atoms with Crippen molar-refractivity contribution < 1.29 is 43.2 Å². The Kier molecular flexibility index (Phi) is 11.8. The van der Waals surface area contributed by atoms with Gasteiger partial charge in [0.25, 0.3) is 11.4 Å². The first kappa shape index (κ1) is 38.3. The fraction of sp³-hybridized carbons (Fsp3) is 0.270. The lowest BCUT2D eigenvalue weighted by Crippen LogP contribution is -2.27. The number of carbonyl (C=O) groups excluding carboxylic acids is 3. The van der Waals surface area contributed by atoms with Gasteiger partial charge in [0, 0.05) is 47.5 Å². The van der Waals surface area contributed by atoms with Crippen LogP contribution in [0.1, 0.15) is 63.8 Å². The summed E-state index contributed by atoms with van der Waals surface area (Å²) in [5, 5.41) is 29.1. The topological polar surface area (TPSA) is 198 Å². The lowest BCUT2D eigenvalue weighted by molar-refractivity contribution is -0.385. The molecule has 0 radical (unpaired) electrons. The van der Waals surface area contributed by atoms with E-state index in [1.165, 1.54) is 36.4 Å². The second-order valence-electron chi connectivity index (χ2n) is 13.5. The maximum atomic E-state index is 12.9. The zero-order valence-corrected chi connectivity index (χ0v) is 29.4. The molecule has 0 saturated heterocycles. The smallest absolute Gasteiger partial charge is 0.444 e. The van der Waals surface area contributed by atoms with Crippen LogP contribution in [0.25, 0.3) is 0 Å². The van der Waals surface area contributed by atoms with Gasteiger partial charge >= 0.3 is 18.3 Å². The Morgan fingerprint density at radius 1 is 0.577 bits per heavy atom. The summed E-state index contributed by atoms with van der Waals surface area (Å²) in [5.74, 6) is -0.153. The number of benzene rings is 4. The molecule has 4 aromatic carbocycles. The summed E-state index contributed by atoms with van der Waals surface area (Å²) in [6.45, 7) is 10.3. The molecule has 0 atom stereocenters. The first-order chi connectivity index (χ1) is 24.4. The molecular weight excluding hydrogens is 676 g/mol. The van der Waals surface area contributed by atoms with E-state index in [-0.39, 0.29) is 46.8 Å². The van der Waals surface area contributed by atoms with Crippen LogP contribution in [0, 0.1) is 20.2 Å². The fourth-order valence-corrected chi connectivity index (χ4v) is 4.93. The van der Waals surface area contributed by atoms with E-state index in [1.54, 1.807) is 90.1 Å². The highest BCUT2D eigenvalue weighted by Crippen LogP contribution is 2.31. The van der Waals surface area contributed by atoms with Gasteiger partial charge in [-0.3, -0.25) is 30.9 Å². The molecule has 15 nitrogen and oxygen atoms in total. The van der Waals surface area contributed by atoms with Crippen molar-refractivity contribution in [1.82, 2.24) is 0 Å². The Hall–Kier alpha value is -6.51. The summed E-state index contributed by atoms with van der Waals surface area (Å²) in [4.78, 5) is 60.4. The molecule has 0 saturated carbocycles. The number of hydrogen-bond donors (Lipinski definition) is 2. The van der Waals surface area contributed by atoms with Crippen molar-refractivity contribution in [3.05, 3.63) is 127 Å². The zero-order chi connectivity index (χ0) is 38.2. The van der Waals surface area contributed by atoms with Crippen LogP contribution in [0.4, 0.5) is 37.1 Å². The van der Waals surface area contributed by atoms with Crippen molar-refractivity contribution in [2.45, 2.75) is 65.6 Å². The normalized spacial score (nSPS) is 11.2. The molecule has 4 rings (SSSR count). The number of nitrogens with one attached hydrogen (secondary N) is 2. The Labute approximate surface area is 299 Å². The van der Waals surface area contributed by atoms with Crippen molar-refractivity contribution in [3.8, 4) is 11.5 Å². The molecule has 4 aromatic rings. The number of hydrogen-bond acceptors (Lipinski definition) is 11. The zero-order valence-electron chi connectivity index (χ0n) is 29.4. The molecule has 0 heterocycles. The lowest BCUT2D eigenvalue weighted by Gasteiger charge is -2.20. The molecule has 0 spiro atoms. The van der Waals surface area contributed by atoms with Gasteiger partial charge in [-0.25, -0.2) is 14.4 Å². The number of amides is 2. The van der Waals surface area contributed by atoms with E-state index in [4.69, 9.17) is 18.9 Å². The Morgan fingerprint density at radius 3 is 1.29 bits per heavy atom. The number of ether oxygens (including phenoxy) is 4. The van der Waals surface area contributed by atoms with E-state index in [0.717, 1.165) is 0 Å². The summed E-state index contributed by atoms with van der Waals surface area (Å²) in [7, 11) is 0. The third-order valence-electron chi connectivity index (χ3n) is 6.97. The third kappa shape index (κ3) is 11.3. The van der Waals surface area contributed by atoms with E-state index in [2.05, 4.69) is 10.6 Å². The standard InChI is InChI=1S/C37H38N4O11/c1-36(2,3)51-33(42)38-29-13-9-7-11-23(29)19-25-21-27(15-17-31(25)40(45)46)49-35(44)50-28-16-18-32(41(47)48)26(22-28)20-24-12-8-10-14-30(24)39-34(43)52-37(4,5)6/h7-18,21-22H,19-20H2,1-6H3,(H,38,42)(H,39,43). The molecule has 0 unspecified atom stereocenters. The number of nitro benzene ring substituents is 2. The molecule has 0 bridgehead atoms. The molecule has 0 aliphatic heterocycles. The molecule has 0 aromatic heterocycles. The highest BCUT2D eigenvalue weighted by molar-refractivity contribution is 5.87. The second kappa shape index (κ2) is 16.0. The van der Waals surface area contributed by atoms with Gasteiger partial charge in [-0.05, 0) is 89.1 Å². The van der Waals surface area contributed by atoms with Crippen molar-refractivity contribution in [2.75, 3.05) is 10.6 Å². The Balaban J connectivity index is 1.53. The van der Waals surface area contributed by atoms with Crippen molar-refractivity contribution in [2.24, 2.45) is 0 Å². The minimum absolute atomic E-state index is 0.0233. The molecule has 272 valence electrons. The minimum atomic E-state index is -1.21. The highest BCUT2D eigenvalue weighted by atomic mass is 16.7. The molecule has 52 heavy (non-hydrogen) atoms. The first-order valence-corrected chi connectivity index (χ1v) is 16.0. The number of nitro groups is 2. The number of nitrogens with zero attached hydrogens (tertiary/aromatic N) is 2. The van der Waals surface area contributed by atoms with E-state index in [0.29, 0.717) is 22.5 Å². The van der Waals surface area contributed by atoms with Crippen LogP contribution < -0.4 is 20.1 Å². The van der Waals surface area contributed by atoms with Crippen molar-refractivity contribution >= 4 is 41.1 Å². The van der Waals surface area contributed by atoms with Gasteiger partial charge in [0.1, 0.15) is 22.7 Å². The molecule has 2 N–H and O–H groups in total. The van der Waals surface area contributed by atoms with Crippen LogP contribution in [0.15, 0.2) is 84.9 Å². The van der Waals surface area contributed by atoms with Gasteiger partial charge in [-0.2, -0.15) is 0 Å². The summed E-state index contributed by atoms with van der Waals surface area (Å²) in [6.07, 6.45) is -2.66. The average Bonchev–Trinajstić information content (AvgIpc) is 3.01. The monoisotopic (exact) mass is 714 g/mol. The number of rotatable bonds is 10. The second-order valence-corrected chi connectivity index (χ2v) is 13.5. The molecule has 15 heteroatoms. The van der Waals surface area contributed by atoms with Gasteiger partial charge in [0.05, 0.1) is 9.85 Å². The Bertz CT molecular complexity index is 1860. The number of para-hydroxylation sites is 2. The maximum absolute atomic E-state index is 12.9. The molecule has 0 aliphatic carbocycles. The molecule has 0 fully saturated rings. The first-order valence-electron chi connectivity index (χ1n) is 16.0. The summed E-state index contributed by atoms with van der Waals surface area (Å²) < 4.78 is 21.4. The average molecular weight is 715 g/mol. The van der Waals surface area contributed by atoms with Gasteiger partial charge < -0.3 is 18.9 Å². The third-order valence-corrected chi connectivity index (χ3v) is 6.97. The van der Waals surface area contributed by atoms with Gasteiger partial charge in [-0.15, -0.1) is 0 Å². The summed E-state index contributed by atoms with van der Waals surface area (Å²) >= 11 is 0. The van der Waals surface area contributed by atoms with Crippen LogP contribution in [0.2, 0.25) is 0 Å². The maximum Gasteiger partial charge on any atom is 0.519 e. The van der Waals surface area contributed by atoms with Crippen LogP contribution in [0.5, 0.6) is 11.5 Å². The van der Waals surface area contributed by atoms with Crippen LogP contribution in [-0.2, 0) is 22.3 Å². The lowest BCUT2D eigenvalue weighted by atomic mass is 10.0. The molecular formula is C37H38N4O11. The quantitative estimate of drug-likeness (QED) is 0.0688. The predicted octanol–water partition coefficient (Wildman–Crippen LogP) is 8.96. The van der Waals surface area contributed by atoms with Crippen LogP contribution in [0.3, 0.4) is 0 Å². The van der Waals surface area contributed by atoms with E-state index < -0.39 is 39.4 Å². The largest absolute Gasteiger partial charge is 0.519 e. The Morgan fingerprint density at radius 2 is 0.942 bits per heavy atom. The fourth-order valence-electron chi connectivity index (χ4n) is 4.93. The SMILES string of the molecule is CC(C)(C)OC(=O)Nc1ccccc1Cc1cc(OC(=O)Oc2ccc([N+](=O)[O-])c(Cc3ccccc3NC(=O)OC(C)(C)C)c2)ccc1[N+](=O)[O-]. The number of anilines is 2. The van der Waals surface area contributed by atoms with Gasteiger partial charge in [-0.1, -0.05) is 36.4 Å². The minimum Gasteiger partial charge on any atom is -0.444 e.